The molecule has 1 N–H and O–H groups in total. The van der Waals surface area contributed by atoms with Gasteiger partial charge in [-0.25, -0.2) is 4.79 Å². The maximum Gasteiger partial charge on any atom is 0.354 e. The van der Waals surface area contributed by atoms with Crippen LogP contribution in [0.5, 0.6) is 11.5 Å². The third-order valence-corrected chi connectivity index (χ3v) is 4.27. The number of nitrogens with one attached hydrogen (secondary N) is 1. The lowest BCUT2D eigenvalue weighted by atomic mass is 10.2. The quantitative estimate of drug-likeness (QED) is 0.548. The number of likely N-dealkylation sites (N-methyl/N-ethyl adjacent to an activating group) is 1. The van der Waals surface area contributed by atoms with E-state index in [1.54, 1.807) is 6.07 Å². The summed E-state index contributed by atoms with van der Waals surface area (Å²) in [5.74, 6) is 0.957. The first-order valence-electron chi connectivity index (χ1n) is 9.74. The zero-order valence-electron chi connectivity index (χ0n) is 17.4. The van der Waals surface area contributed by atoms with Crippen molar-refractivity contribution in [2.45, 2.75) is 26.6 Å². The van der Waals surface area contributed by atoms with Gasteiger partial charge in [-0.1, -0.05) is 30.3 Å². The molecule has 0 saturated carbocycles. The Hall–Kier alpha value is -2.99. The van der Waals surface area contributed by atoms with Gasteiger partial charge in [0, 0.05) is 24.1 Å². The first-order valence-corrected chi connectivity index (χ1v) is 9.74. The Labute approximate surface area is 171 Å². The van der Waals surface area contributed by atoms with Crippen molar-refractivity contribution in [3.8, 4) is 11.5 Å². The van der Waals surface area contributed by atoms with E-state index in [2.05, 4.69) is 4.98 Å². The largest absolute Gasteiger partial charge is 0.491 e. The molecule has 1 heterocycles. The molecule has 0 aliphatic carbocycles. The lowest BCUT2D eigenvalue weighted by Crippen LogP contribution is -2.20. The second-order valence-electron chi connectivity index (χ2n) is 7.45. The van der Waals surface area contributed by atoms with Gasteiger partial charge in [-0.05, 0) is 39.6 Å². The number of H-pyrrole nitrogens is 1. The Morgan fingerprint density at radius 3 is 2.55 bits per heavy atom. The summed E-state index contributed by atoms with van der Waals surface area (Å²) in [7, 11) is 3.87. The monoisotopic (exact) mass is 396 g/mol. The highest BCUT2D eigenvalue weighted by atomic mass is 16.5. The first kappa shape index (κ1) is 20.7. The van der Waals surface area contributed by atoms with Crippen LogP contribution in [0.2, 0.25) is 0 Å². The van der Waals surface area contributed by atoms with Gasteiger partial charge >= 0.3 is 5.97 Å². The smallest absolute Gasteiger partial charge is 0.354 e. The summed E-state index contributed by atoms with van der Waals surface area (Å²) in [4.78, 5) is 17.5. The van der Waals surface area contributed by atoms with Crippen molar-refractivity contribution >= 4 is 16.9 Å². The summed E-state index contributed by atoms with van der Waals surface area (Å²) < 4.78 is 17.3. The van der Waals surface area contributed by atoms with Gasteiger partial charge in [-0.2, -0.15) is 0 Å². The van der Waals surface area contributed by atoms with Crippen LogP contribution in [0.15, 0.2) is 48.5 Å². The summed E-state index contributed by atoms with van der Waals surface area (Å²) in [6.45, 7) is 5.37. The molecular weight excluding hydrogens is 368 g/mol. The van der Waals surface area contributed by atoms with E-state index in [-0.39, 0.29) is 12.1 Å². The fraction of sp³-hybridized carbons (Fsp3) is 0.348. The van der Waals surface area contributed by atoms with Crippen molar-refractivity contribution in [3.05, 3.63) is 59.8 Å². The molecule has 3 rings (SSSR count). The lowest BCUT2D eigenvalue weighted by Gasteiger charge is -2.13. The van der Waals surface area contributed by atoms with E-state index in [1.807, 2.05) is 75.3 Å². The van der Waals surface area contributed by atoms with E-state index in [9.17, 15) is 4.79 Å². The fourth-order valence-electron chi connectivity index (χ4n) is 2.88. The number of esters is 1. The molecule has 0 unspecified atom stereocenters. The number of benzene rings is 2. The average Bonchev–Trinajstić information content (AvgIpc) is 3.10. The SMILES string of the molecule is CC(C)Oc1cc(OCc2ccccc2)c2cc(C(=O)OCCN(C)C)[nH]c2c1. The number of fused-ring (bicyclic) bond motifs is 1. The zero-order chi connectivity index (χ0) is 20.8. The number of ether oxygens (including phenoxy) is 3. The van der Waals surface area contributed by atoms with Crippen LogP contribution in [0, 0.1) is 0 Å². The van der Waals surface area contributed by atoms with Crippen LogP contribution in [-0.2, 0) is 11.3 Å². The van der Waals surface area contributed by atoms with E-state index >= 15 is 0 Å². The van der Waals surface area contributed by atoms with Crippen LogP contribution >= 0.6 is 0 Å². The van der Waals surface area contributed by atoms with Crippen molar-refractivity contribution in [2.75, 3.05) is 27.2 Å². The molecule has 6 nitrogen and oxygen atoms in total. The Morgan fingerprint density at radius 2 is 1.86 bits per heavy atom. The highest BCUT2D eigenvalue weighted by Crippen LogP contribution is 2.33. The highest BCUT2D eigenvalue weighted by Gasteiger charge is 2.16. The molecule has 29 heavy (non-hydrogen) atoms. The van der Waals surface area contributed by atoms with E-state index in [4.69, 9.17) is 14.2 Å². The minimum atomic E-state index is -0.386. The molecular formula is C23H28N2O4. The average molecular weight is 396 g/mol. The maximum absolute atomic E-state index is 12.4. The summed E-state index contributed by atoms with van der Waals surface area (Å²) in [6, 6.07) is 15.5. The molecule has 0 fully saturated rings. The Morgan fingerprint density at radius 1 is 1.10 bits per heavy atom. The number of carbonyl (C=O) groups is 1. The van der Waals surface area contributed by atoms with Gasteiger partial charge in [0.05, 0.1) is 11.6 Å². The van der Waals surface area contributed by atoms with Crippen LogP contribution in [-0.4, -0.2) is 49.2 Å². The molecule has 0 bridgehead atoms. The van der Waals surface area contributed by atoms with E-state index in [0.29, 0.717) is 37.0 Å². The van der Waals surface area contributed by atoms with Gasteiger partial charge in [0.1, 0.15) is 30.4 Å². The van der Waals surface area contributed by atoms with Gasteiger partial charge in [-0.3, -0.25) is 0 Å². The predicted molar refractivity (Wildman–Crippen MR) is 114 cm³/mol. The van der Waals surface area contributed by atoms with Crippen molar-refractivity contribution in [1.82, 2.24) is 9.88 Å². The lowest BCUT2D eigenvalue weighted by molar-refractivity contribution is 0.0476. The standard InChI is InChI=1S/C23H28N2O4/c1-16(2)29-18-12-20-19(14-21(24-20)23(26)27-11-10-25(3)4)22(13-18)28-15-17-8-6-5-7-9-17/h5-9,12-14,16,24H,10-11,15H2,1-4H3. The number of hydrogen-bond donors (Lipinski definition) is 1. The summed E-state index contributed by atoms with van der Waals surface area (Å²) in [6.07, 6.45) is 0.0276. The molecule has 6 heteroatoms. The van der Waals surface area contributed by atoms with E-state index in [1.165, 1.54) is 0 Å². The van der Waals surface area contributed by atoms with Crippen LogP contribution in [0.4, 0.5) is 0 Å². The molecule has 3 aromatic rings. The summed E-state index contributed by atoms with van der Waals surface area (Å²) in [5.41, 5.74) is 2.23. The van der Waals surface area contributed by atoms with Gasteiger partial charge in [0.15, 0.2) is 0 Å². The van der Waals surface area contributed by atoms with Crippen molar-refractivity contribution in [2.24, 2.45) is 0 Å². The third-order valence-electron chi connectivity index (χ3n) is 4.27. The molecule has 0 spiro atoms. The minimum absolute atomic E-state index is 0.0276. The Kier molecular flexibility index (Phi) is 6.77. The number of aromatic nitrogens is 1. The number of hydrogen-bond acceptors (Lipinski definition) is 5. The van der Waals surface area contributed by atoms with Crippen LogP contribution in [0.3, 0.4) is 0 Å². The topological polar surface area (TPSA) is 63.8 Å². The highest BCUT2D eigenvalue weighted by molar-refractivity contribution is 5.97. The maximum atomic E-state index is 12.4. The molecule has 154 valence electrons. The molecule has 0 saturated heterocycles. The Balaban J connectivity index is 1.85. The molecule has 1 aromatic heterocycles. The van der Waals surface area contributed by atoms with Crippen molar-refractivity contribution in [3.63, 3.8) is 0 Å². The first-order chi connectivity index (χ1) is 13.9. The van der Waals surface area contributed by atoms with Gasteiger partial charge in [0.2, 0.25) is 0 Å². The van der Waals surface area contributed by atoms with Gasteiger partial charge < -0.3 is 24.1 Å². The van der Waals surface area contributed by atoms with Gasteiger partial charge in [-0.15, -0.1) is 0 Å². The predicted octanol–water partition coefficient (Wildman–Crippen LogP) is 4.25. The molecule has 0 aliphatic heterocycles. The molecule has 0 aliphatic rings. The molecule has 0 amide bonds. The van der Waals surface area contributed by atoms with Crippen molar-refractivity contribution in [1.29, 1.82) is 0 Å². The molecule has 0 radical (unpaired) electrons. The van der Waals surface area contributed by atoms with Crippen LogP contribution < -0.4 is 9.47 Å². The Bertz CT molecular complexity index is 948. The summed E-state index contributed by atoms with van der Waals surface area (Å²) in [5, 5.41) is 0.816. The third kappa shape index (κ3) is 5.74. The second-order valence-corrected chi connectivity index (χ2v) is 7.45. The number of aromatic amines is 1. The van der Waals surface area contributed by atoms with Crippen LogP contribution in [0.25, 0.3) is 10.9 Å². The normalized spacial score (nSPS) is 11.2. The second kappa shape index (κ2) is 9.47. The minimum Gasteiger partial charge on any atom is -0.491 e. The van der Waals surface area contributed by atoms with Gasteiger partial charge in [0.25, 0.3) is 0 Å². The van der Waals surface area contributed by atoms with E-state index in [0.717, 1.165) is 16.5 Å². The molecule has 2 aromatic carbocycles. The zero-order valence-corrected chi connectivity index (χ0v) is 17.4. The molecule has 0 atom stereocenters. The van der Waals surface area contributed by atoms with Crippen molar-refractivity contribution < 1.29 is 19.0 Å². The number of rotatable bonds is 9. The number of nitrogens with zero attached hydrogens (tertiary/aromatic N) is 1. The van der Waals surface area contributed by atoms with E-state index < -0.39 is 0 Å². The van der Waals surface area contributed by atoms with Crippen LogP contribution in [0.1, 0.15) is 29.9 Å². The summed E-state index contributed by atoms with van der Waals surface area (Å²) >= 11 is 0. The number of carbonyl (C=O) groups excluding carboxylic acids is 1. The fourth-order valence-corrected chi connectivity index (χ4v) is 2.88.